The zero-order chi connectivity index (χ0) is 21.6. The second-order valence-corrected chi connectivity index (χ2v) is 6.94. The summed E-state index contributed by atoms with van der Waals surface area (Å²) in [7, 11) is 0. The molecule has 1 N–H and O–H groups in total. The summed E-state index contributed by atoms with van der Waals surface area (Å²) in [6.45, 7) is 4.14. The third-order valence-corrected chi connectivity index (χ3v) is 5.02. The number of hydrogen-bond donors (Lipinski definition) is 1. The number of nitrogens with one attached hydrogen (secondary N) is 1. The van der Waals surface area contributed by atoms with Gasteiger partial charge < -0.3 is 9.73 Å². The summed E-state index contributed by atoms with van der Waals surface area (Å²) in [6.07, 6.45) is 4.81. The van der Waals surface area contributed by atoms with E-state index in [1.807, 2.05) is 48.5 Å². The number of amides is 1. The van der Waals surface area contributed by atoms with Crippen LogP contribution in [0.15, 0.2) is 71.3 Å². The number of hydrogen-bond acceptors (Lipinski definition) is 5. The lowest BCUT2D eigenvalue weighted by atomic mass is 10.0. The van der Waals surface area contributed by atoms with Crippen molar-refractivity contribution in [3.63, 3.8) is 0 Å². The average Bonchev–Trinajstić information content (AvgIpc) is 3.50. The highest BCUT2D eigenvalue weighted by Gasteiger charge is 2.21. The van der Waals surface area contributed by atoms with Gasteiger partial charge in [0.15, 0.2) is 5.82 Å². The van der Waals surface area contributed by atoms with Crippen molar-refractivity contribution in [1.29, 1.82) is 0 Å². The van der Waals surface area contributed by atoms with Gasteiger partial charge in [0.05, 0.1) is 6.26 Å². The van der Waals surface area contributed by atoms with E-state index in [2.05, 4.69) is 34.7 Å². The molecule has 0 bridgehead atoms. The molecule has 0 aliphatic carbocycles. The molecule has 156 valence electrons. The Kier molecular flexibility index (Phi) is 6.03. The molecule has 0 atom stereocenters. The Morgan fingerprint density at radius 2 is 1.74 bits per heavy atom. The fourth-order valence-electron chi connectivity index (χ4n) is 3.43. The van der Waals surface area contributed by atoms with E-state index in [1.165, 1.54) is 4.68 Å². The molecule has 0 aliphatic heterocycles. The van der Waals surface area contributed by atoms with Crippen molar-refractivity contribution in [1.82, 2.24) is 20.2 Å². The predicted molar refractivity (Wildman–Crippen MR) is 120 cm³/mol. The van der Waals surface area contributed by atoms with E-state index in [-0.39, 0.29) is 11.6 Å². The van der Waals surface area contributed by atoms with Gasteiger partial charge in [0, 0.05) is 17.3 Å². The lowest BCUT2D eigenvalue weighted by molar-refractivity contribution is -0.111. The van der Waals surface area contributed by atoms with Gasteiger partial charge in [-0.3, -0.25) is 4.79 Å². The fraction of sp³-hybridized carbons (Fsp3) is 0.167. The summed E-state index contributed by atoms with van der Waals surface area (Å²) in [5, 5.41) is 15.2. The van der Waals surface area contributed by atoms with Gasteiger partial charge in [-0.2, -0.15) is 4.68 Å². The number of benzene rings is 2. The van der Waals surface area contributed by atoms with Crippen LogP contribution in [0.1, 0.15) is 30.7 Å². The molecular weight excluding hydrogens is 390 g/mol. The lowest BCUT2D eigenvalue weighted by Crippen LogP contribution is -2.21. The first-order valence-corrected chi connectivity index (χ1v) is 10.2. The lowest BCUT2D eigenvalue weighted by Gasteiger charge is -2.16. The molecule has 0 saturated carbocycles. The zero-order valence-corrected chi connectivity index (χ0v) is 17.4. The van der Waals surface area contributed by atoms with Crippen molar-refractivity contribution >= 4 is 23.4 Å². The van der Waals surface area contributed by atoms with Crippen molar-refractivity contribution < 1.29 is 9.21 Å². The third-order valence-electron chi connectivity index (χ3n) is 5.02. The summed E-state index contributed by atoms with van der Waals surface area (Å²) in [6, 6.07) is 19.1. The fourth-order valence-corrected chi connectivity index (χ4v) is 3.43. The van der Waals surface area contributed by atoms with Crippen molar-refractivity contribution in [3.8, 4) is 11.4 Å². The van der Waals surface area contributed by atoms with Gasteiger partial charge >= 0.3 is 0 Å². The second-order valence-electron chi connectivity index (χ2n) is 6.94. The zero-order valence-electron chi connectivity index (χ0n) is 17.4. The molecule has 2 aromatic carbocycles. The molecule has 0 aliphatic rings. The van der Waals surface area contributed by atoms with E-state index in [0.29, 0.717) is 11.6 Å². The molecule has 4 aromatic rings. The van der Waals surface area contributed by atoms with Gasteiger partial charge in [0.2, 0.25) is 0 Å². The van der Waals surface area contributed by atoms with Gasteiger partial charge in [-0.05, 0) is 46.5 Å². The first-order valence-electron chi connectivity index (χ1n) is 10.2. The minimum Gasteiger partial charge on any atom is -0.465 e. The maximum absolute atomic E-state index is 13.5. The summed E-state index contributed by atoms with van der Waals surface area (Å²) >= 11 is 0. The largest absolute Gasteiger partial charge is 0.465 e. The molecule has 2 heterocycles. The standard InChI is InChI=1S/C24H23N5O2/c1-3-17-12-8-13-18(4-2)22(17)25-24(30)21(16-20-14-9-15-31-20)29-23(26-27-28-29)19-10-6-5-7-11-19/h5-16H,3-4H2,1-2H3,(H,25,30)/b21-16-. The maximum atomic E-state index is 13.5. The number of nitrogens with zero attached hydrogens (tertiary/aromatic N) is 4. The number of tetrazole rings is 1. The number of carbonyl (C=O) groups excluding carboxylic acids is 1. The Morgan fingerprint density at radius 3 is 2.39 bits per heavy atom. The first kappa shape index (κ1) is 20.3. The van der Waals surface area contributed by atoms with Crippen molar-refractivity contribution in [2.75, 3.05) is 5.32 Å². The molecule has 7 heteroatoms. The minimum absolute atomic E-state index is 0.256. The normalized spacial score (nSPS) is 11.5. The number of rotatable bonds is 7. The predicted octanol–water partition coefficient (Wildman–Crippen LogP) is 4.69. The molecular formula is C24H23N5O2. The van der Waals surface area contributed by atoms with Crippen molar-refractivity contribution in [2.24, 2.45) is 0 Å². The van der Waals surface area contributed by atoms with Crippen LogP contribution < -0.4 is 5.32 Å². The molecule has 0 spiro atoms. The van der Waals surface area contributed by atoms with Gasteiger partial charge in [-0.1, -0.05) is 62.4 Å². The van der Waals surface area contributed by atoms with Crippen LogP contribution >= 0.6 is 0 Å². The van der Waals surface area contributed by atoms with Gasteiger partial charge in [0.1, 0.15) is 11.5 Å². The Bertz CT molecular complexity index is 1170. The number of carbonyl (C=O) groups is 1. The highest BCUT2D eigenvalue weighted by atomic mass is 16.3. The Hall–Kier alpha value is -4.00. The van der Waals surface area contributed by atoms with E-state index in [1.54, 1.807) is 24.5 Å². The SMILES string of the molecule is CCc1cccc(CC)c1NC(=O)/C(=C/c1ccco1)n1nnnc1-c1ccccc1. The summed E-state index contributed by atoms with van der Waals surface area (Å²) in [4.78, 5) is 13.5. The highest BCUT2D eigenvalue weighted by molar-refractivity contribution is 6.24. The van der Waals surface area contributed by atoms with Crippen molar-refractivity contribution in [2.45, 2.75) is 26.7 Å². The number of para-hydroxylation sites is 1. The Labute approximate surface area is 180 Å². The maximum Gasteiger partial charge on any atom is 0.274 e. The number of aromatic nitrogens is 4. The van der Waals surface area contributed by atoms with Crippen LogP contribution in [0.25, 0.3) is 23.2 Å². The van der Waals surface area contributed by atoms with Crippen LogP contribution in [0, 0.1) is 0 Å². The molecule has 2 aromatic heterocycles. The Morgan fingerprint density at radius 1 is 1.00 bits per heavy atom. The Balaban J connectivity index is 1.79. The van der Waals surface area contributed by atoms with E-state index in [4.69, 9.17) is 4.42 Å². The van der Waals surface area contributed by atoms with Crippen LogP contribution in [0.2, 0.25) is 0 Å². The van der Waals surface area contributed by atoms with Gasteiger partial charge in [-0.25, -0.2) is 0 Å². The van der Waals surface area contributed by atoms with E-state index < -0.39 is 0 Å². The number of aryl methyl sites for hydroxylation is 2. The van der Waals surface area contributed by atoms with Crippen LogP contribution in [-0.4, -0.2) is 26.1 Å². The van der Waals surface area contributed by atoms with Crippen LogP contribution in [0.4, 0.5) is 5.69 Å². The van der Waals surface area contributed by atoms with Gasteiger partial charge in [0.25, 0.3) is 5.91 Å². The molecule has 0 unspecified atom stereocenters. The van der Waals surface area contributed by atoms with E-state index in [0.717, 1.165) is 35.2 Å². The smallest absolute Gasteiger partial charge is 0.274 e. The molecule has 0 fully saturated rings. The minimum atomic E-state index is -0.323. The molecule has 31 heavy (non-hydrogen) atoms. The molecule has 7 nitrogen and oxygen atoms in total. The van der Waals surface area contributed by atoms with Crippen LogP contribution in [0.5, 0.6) is 0 Å². The highest BCUT2D eigenvalue weighted by Crippen LogP contribution is 2.26. The second kappa shape index (κ2) is 9.21. The summed E-state index contributed by atoms with van der Waals surface area (Å²) in [5.74, 6) is 0.670. The molecule has 0 radical (unpaired) electrons. The average molecular weight is 413 g/mol. The molecule has 1 amide bonds. The number of furan rings is 1. The molecule has 4 rings (SSSR count). The summed E-state index contributed by atoms with van der Waals surface area (Å²) < 4.78 is 6.90. The van der Waals surface area contributed by atoms with E-state index in [9.17, 15) is 4.79 Å². The molecule has 0 saturated heterocycles. The van der Waals surface area contributed by atoms with Crippen LogP contribution in [-0.2, 0) is 17.6 Å². The van der Waals surface area contributed by atoms with Crippen LogP contribution in [0.3, 0.4) is 0 Å². The van der Waals surface area contributed by atoms with Crippen molar-refractivity contribution in [3.05, 3.63) is 83.8 Å². The topological polar surface area (TPSA) is 85.8 Å². The summed E-state index contributed by atoms with van der Waals surface area (Å²) in [5.41, 5.74) is 4.04. The number of anilines is 1. The van der Waals surface area contributed by atoms with Gasteiger partial charge in [-0.15, -0.1) is 5.10 Å². The quantitative estimate of drug-likeness (QED) is 0.444. The van der Waals surface area contributed by atoms with E-state index >= 15 is 0 Å². The first-order chi connectivity index (χ1) is 15.2. The third kappa shape index (κ3) is 4.30. The monoisotopic (exact) mass is 413 g/mol.